The molecule has 0 saturated heterocycles. The quantitative estimate of drug-likeness (QED) is 0.779. The molecule has 0 radical (unpaired) electrons. The lowest BCUT2D eigenvalue weighted by atomic mass is 10.2. The molecular formula is C12H15ClFN3O2. The van der Waals surface area contributed by atoms with Gasteiger partial charge in [0.15, 0.2) is 0 Å². The molecule has 19 heavy (non-hydrogen) atoms. The number of hydrogen-bond donors (Lipinski definition) is 2. The third-order valence-electron chi connectivity index (χ3n) is 2.26. The fraction of sp³-hybridized carbons (Fsp3) is 0.417. The fourth-order valence-electron chi connectivity index (χ4n) is 1.32. The lowest BCUT2D eigenvalue weighted by Gasteiger charge is -2.06. The molecule has 0 aromatic carbocycles. The summed E-state index contributed by atoms with van der Waals surface area (Å²) in [6, 6.07) is 1.00. The molecule has 1 rings (SSSR count). The number of carbonyl (C=O) groups is 2. The van der Waals surface area contributed by atoms with Gasteiger partial charge in [-0.25, -0.2) is 9.37 Å². The second-order valence-corrected chi connectivity index (χ2v) is 4.21. The first kappa shape index (κ1) is 15.4. The maximum absolute atomic E-state index is 12.9. The number of nitrogens with zero attached hydrogens (tertiary/aromatic N) is 1. The molecule has 0 aliphatic heterocycles. The molecule has 0 aliphatic carbocycles. The summed E-state index contributed by atoms with van der Waals surface area (Å²) in [7, 11) is 0. The zero-order valence-electron chi connectivity index (χ0n) is 10.5. The molecule has 0 aliphatic rings. The van der Waals surface area contributed by atoms with Gasteiger partial charge in [0.2, 0.25) is 5.91 Å². The molecule has 0 fully saturated rings. The van der Waals surface area contributed by atoms with E-state index in [1.54, 1.807) is 0 Å². The third kappa shape index (κ3) is 5.21. The number of halogens is 2. The average Bonchev–Trinajstić information content (AvgIpc) is 2.39. The van der Waals surface area contributed by atoms with Crippen LogP contribution in [-0.2, 0) is 4.79 Å². The predicted octanol–water partition coefficient (Wildman–Crippen LogP) is 1.52. The molecule has 0 unspecified atom stereocenters. The van der Waals surface area contributed by atoms with E-state index < -0.39 is 11.7 Å². The Labute approximate surface area is 115 Å². The molecule has 5 nitrogen and oxygen atoms in total. The van der Waals surface area contributed by atoms with Crippen LogP contribution >= 0.6 is 11.6 Å². The van der Waals surface area contributed by atoms with Crippen molar-refractivity contribution >= 4 is 23.4 Å². The van der Waals surface area contributed by atoms with Gasteiger partial charge < -0.3 is 10.6 Å². The van der Waals surface area contributed by atoms with Gasteiger partial charge in [-0.2, -0.15) is 0 Å². The molecule has 1 aromatic rings. The molecule has 1 aromatic heterocycles. The summed E-state index contributed by atoms with van der Waals surface area (Å²) >= 11 is 5.68. The first-order chi connectivity index (χ1) is 9.04. The molecule has 2 amide bonds. The third-order valence-corrected chi connectivity index (χ3v) is 2.56. The summed E-state index contributed by atoms with van der Waals surface area (Å²) in [5, 5.41) is 5.09. The van der Waals surface area contributed by atoms with Crippen LogP contribution < -0.4 is 10.6 Å². The normalized spacial score (nSPS) is 10.1. The van der Waals surface area contributed by atoms with Crippen molar-refractivity contribution in [2.45, 2.75) is 19.8 Å². The SMILES string of the molecule is CCCNC(=O)CCNC(=O)c1cc(F)cnc1Cl. The molecule has 0 spiro atoms. The van der Waals surface area contributed by atoms with Crippen LogP contribution in [0.15, 0.2) is 12.3 Å². The topological polar surface area (TPSA) is 71.1 Å². The lowest BCUT2D eigenvalue weighted by molar-refractivity contribution is -0.120. The van der Waals surface area contributed by atoms with Crippen molar-refractivity contribution in [3.05, 3.63) is 28.8 Å². The Hall–Kier alpha value is -1.69. The Kier molecular flexibility index (Phi) is 6.21. The van der Waals surface area contributed by atoms with Crippen molar-refractivity contribution in [3.63, 3.8) is 0 Å². The van der Waals surface area contributed by atoms with E-state index in [-0.39, 0.29) is 29.6 Å². The molecule has 0 atom stereocenters. The van der Waals surface area contributed by atoms with Crippen molar-refractivity contribution in [2.75, 3.05) is 13.1 Å². The average molecular weight is 288 g/mol. The van der Waals surface area contributed by atoms with E-state index in [2.05, 4.69) is 15.6 Å². The van der Waals surface area contributed by atoms with Crippen LogP contribution in [0.2, 0.25) is 5.15 Å². The van der Waals surface area contributed by atoms with Crippen molar-refractivity contribution in [2.24, 2.45) is 0 Å². The number of pyridine rings is 1. The van der Waals surface area contributed by atoms with E-state index >= 15 is 0 Å². The minimum atomic E-state index is -0.643. The van der Waals surface area contributed by atoms with Gasteiger partial charge in [-0.3, -0.25) is 9.59 Å². The highest BCUT2D eigenvalue weighted by Crippen LogP contribution is 2.13. The van der Waals surface area contributed by atoms with Crippen LogP contribution in [0, 0.1) is 5.82 Å². The zero-order chi connectivity index (χ0) is 14.3. The summed E-state index contributed by atoms with van der Waals surface area (Å²) in [5.74, 6) is -1.35. The van der Waals surface area contributed by atoms with Crippen molar-refractivity contribution < 1.29 is 14.0 Å². The monoisotopic (exact) mass is 287 g/mol. The first-order valence-corrected chi connectivity index (χ1v) is 6.28. The van der Waals surface area contributed by atoms with Crippen LogP contribution in [0.25, 0.3) is 0 Å². The van der Waals surface area contributed by atoms with Gasteiger partial charge in [-0.15, -0.1) is 0 Å². The minimum absolute atomic E-state index is 0.0457. The molecule has 2 N–H and O–H groups in total. The number of hydrogen-bond acceptors (Lipinski definition) is 3. The smallest absolute Gasteiger partial charge is 0.254 e. The summed E-state index contributed by atoms with van der Waals surface area (Å²) in [4.78, 5) is 26.5. The van der Waals surface area contributed by atoms with Gasteiger partial charge in [-0.1, -0.05) is 18.5 Å². The Morgan fingerprint density at radius 3 is 2.79 bits per heavy atom. The van der Waals surface area contributed by atoms with Crippen molar-refractivity contribution in [1.82, 2.24) is 15.6 Å². The molecule has 0 bridgehead atoms. The van der Waals surface area contributed by atoms with Gasteiger partial charge in [-0.05, 0) is 12.5 Å². The van der Waals surface area contributed by atoms with Crippen molar-refractivity contribution in [3.8, 4) is 0 Å². The second-order valence-electron chi connectivity index (χ2n) is 3.85. The standard InChI is InChI=1S/C12H15ClFN3O2/c1-2-4-15-10(18)3-5-16-12(19)9-6-8(14)7-17-11(9)13/h6-7H,2-5H2,1H3,(H,15,18)(H,16,19). The summed E-state index contributed by atoms with van der Waals surface area (Å²) in [5.41, 5.74) is -0.0457. The Balaban J connectivity index is 2.43. The van der Waals surface area contributed by atoms with E-state index in [0.29, 0.717) is 6.54 Å². The minimum Gasteiger partial charge on any atom is -0.356 e. The summed E-state index contributed by atoms with van der Waals surface area (Å²) in [6.45, 7) is 2.70. The molecule has 0 saturated carbocycles. The highest BCUT2D eigenvalue weighted by molar-refractivity contribution is 6.32. The van der Waals surface area contributed by atoms with Crippen molar-refractivity contribution in [1.29, 1.82) is 0 Å². The summed E-state index contributed by atoms with van der Waals surface area (Å²) in [6.07, 6.45) is 1.94. The zero-order valence-corrected chi connectivity index (χ0v) is 11.3. The number of carbonyl (C=O) groups excluding carboxylic acids is 2. The molecule has 7 heteroatoms. The van der Waals surface area contributed by atoms with E-state index in [1.807, 2.05) is 6.92 Å². The maximum atomic E-state index is 12.9. The Morgan fingerprint density at radius 1 is 1.37 bits per heavy atom. The number of nitrogens with one attached hydrogen (secondary N) is 2. The number of aromatic nitrogens is 1. The highest BCUT2D eigenvalue weighted by atomic mass is 35.5. The van der Waals surface area contributed by atoms with Crippen LogP contribution in [0.5, 0.6) is 0 Å². The fourth-order valence-corrected chi connectivity index (χ4v) is 1.51. The Bertz CT molecular complexity index is 468. The van der Waals surface area contributed by atoms with Gasteiger partial charge >= 0.3 is 0 Å². The molecular weight excluding hydrogens is 273 g/mol. The molecule has 104 valence electrons. The van der Waals surface area contributed by atoms with Crippen LogP contribution in [0.3, 0.4) is 0 Å². The predicted molar refractivity (Wildman–Crippen MR) is 69.5 cm³/mol. The van der Waals surface area contributed by atoms with E-state index in [9.17, 15) is 14.0 Å². The largest absolute Gasteiger partial charge is 0.356 e. The van der Waals surface area contributed by atoms with Crippen LogP contribution in [-0.4, -0.2) is 29.9 Å². The van der Waals surface area contributed by atoms with E-state index in [1.165, 1.54) is 0 Å². The van der Waals surface area contributed by atoms with Gasteiger partial charge in [0.05, 0.1) is 11.8 Å². The lowest BCUT2D eigenvalue weighted by Crippen LogP contribution is -2.31. The maximum Gasteiger partial charge on any atom is 0.254 e. The molecule has 1 heterocycles. The highest BCUT2D eigenvalue weighted by Gasteiger charge is 2.12. The summed E-state index contributed by atoms with van der Waals surface area (Å²) < 4.78 is 12.9. The van der Waals surface area contributed by atoms with Gasteiger partial charge in [0, 0.05) is 19.5 Å². The number of rotatable bonds is 6. The number of amides is 2. The van der Waals surface area contributed by atoms with Crippen LogP contribution in [0.1, 0.15) is 30.1 Å². The van der Waals surface area contributed by atoms with Crippen LogP contribution in [0.4, 0.5) is 4.39 Å². The first-order valence-electron chi connectivity index (χ1n) is 5.90. The Morgan fingerprint density at radius 2 is 2.11 bits per heavy atom. The second kappa shape index (κ2) is 7.68. The van der Waals surface area contributed by atoms with Gasteiger partial charge in [0.1, 0.15) is 11.0 Å². The van der Waals surface area contributed by atoms with E-state index in [0.717, 1.165) is 18.7 Å². The van der Waals surface area contributed by atoms with E-state index in [4.69, 9.17) is 11.6 Å². The van der Waals surface area contributed by atoms with Gasteiger partial charge in [0.25, 0.3) is 5.91 Å².